The van der Waals surface area contributed by atoms with Crippen LogP contribution in [0.25, 0.3) is 0 Å². The number of aryl methyl sites for hydroxylation is 2. The number of nitrogens with one attached hydrogen (secondary N) is 2. The summed E-state index contributed by atoms with van der Waals surface area (Å²) in [7, 11) is 1.68. The number of piperidine rings is 1. The summed E-state index contributed by atoms with van der Waals surface area (Å²) in [5.74, 6) is -2.97. The highest BCUT2D eigenvalue weighted by Gasteiger charge is 2.35. The minimum Gasteiger partial charge on any atom is -0.449 e. The van der Waals surface area contributed by atoms with Gasteiger partial charge in [0.05, 0.1) is 18.6 Å². The topological polar surface area (TPSA) is 91.0 Å². The van der Waals surface area contributed by atoms with Crippen molar-refractivity contribution in [3.05, 3.63) is 82.1 Å². The Hall–Kier alpha value is -4.21. The fourth-order valence-corrected chi connectivity index (χ4v) is 5.89. The van der Waals surface area contributed by atoms with Crippen molar-refractivity contribution in [2.45, 2.75) is 64.3 Å². The summed E-state index contributed by atoms with van der Waals surface area (Å²) in [5, 5.41) is 5.60. The van der Waals surface area contributed by atoms with Gasteiger partial charge in [-0.1, -0.05) is 29.8 Å². The molecule has 5 rings (SSSR count). The van der Waals surface area contributed by atoms with Crippen LogP contribution in [0, 0.1) is 25.5 Å². The molecule has 1 atom stereocenters. The van der Waals surface area contributed by atoms with Crippen LogP contribution in [0.15, 0.2) is 53.8 Å². The molecule has 43 heavy (non-hydrogen) atoms. The molecule has 8 nitrogen and oxygen atoms in total. The third-order valence-corrected chi connectivity index (χ3v) is 8.60. The van der Waals surface area contributed by atoms with Crippen LogP contribution in [0.5, 0.6) is 0 Å². The second kappa shape index (κ2) is 12.6. The van der Waals surface area contributed by atoms with Gasteiger partial charge in [-0.25, -0.2) is 13.6 Å². The number of rotatable bonds is 8. The van der Waals surface area contributed by atoms with E-state index in [0.29, 0.717) is 37.2 Å². The van der Waals surface area contributed by atoms with Crippen LogP contribution in [0.1, 0.15) is 61.1 Å². The molecule has 228 valence electrons. The van der Waals surface area contributed by atoms with Gasteiger partial charge in [0.15, 0.2) is 0 Å². The van der Waals surface area contributed by atoms with Gasteiger partial charge in [0.2, 0.25) is 5.91 Å². The van der Waals surface area contributed by atoms with E-state index in [1.54, 1.807) is 11.9 Å². The number of hydrogen-bond donors (Lipinski definition) is 2. The van der Waals surface area contributed by atoms with Gasteiger partial charge in [-0.15, -0.1) is 0 Å². The first-order chi connectivity index (χ1) is 20.5. The lowest BCUT2D eigenvalue weighted by atomic mass is 9.83. The molecule has 10 heteroatoms. The van der Waals surface area contributed by atoms with Crippen LogP contribution in [-0.4, -0.2) is 50.7 Å². The number of nitrogens with zero attached hydrogens (tertiary/aromatic N) is 2. The third-order valence-electron chi connectivity index (χ3n) is 8.60. The van der Waals surface area contributed by atoms with Crippen molar-refractivity contribution in [2.24, 2.45) is 0 Å². The molecule has 2 aliphatic heterocycles. The van der Waals surface area contributed by atoms with Crippen LogP contribution in [0.4, 0.5) is 25.0 Å². The lowest BCUT2D eigenvalue weighted by Gasteiger charge is -2.41. The van der Waals surface area contributed by atoms with Gasteiger partial charge in [0.25, 0.3) is 5.91 Å². The molecule has 1 saturated carbocycles. The maximum Gasteiger partial charge on any atom is 0.407 e. The Morgan fingerprint density at radius 2 is 1.81 bits per heavy atom. The summed E-state index contributed by atoms with van der Waals surface area (Å²) < 4.78 is 35.4. The molecule has 0 bridgehead atoms. The van der Waals surface area contributed by atoms with Gasteiger partial charge in [0, 0.05) is 54.8 Å². The van der Waals surface area contributed by atoms with Crippen molar-refractivity contribution >= 4 is 29.3 Å². The van der Waals surface area contributed by atoms with Crippen molar-refractivity contribution in [1.29, 1.82) is 0 Å². The molecule has 0 radical (unpaired) electrons. The maximum atomic E-state index is 15.1. The molecule has 2 N–H and O–H groups in total. The molecule has 0 aromatic heterocycles. The van der Waals surface area contributed by atoms with E-state index in [4.69, 9.17) is 4.74 Å². The monoisotopic (exact) mass is 592 g/mol. The van der Waals surface area contributed by atoms with E-state index in [1.807, 2.05) is 32.0 Å². The summed E-state index contributed by atoms with van der Waals surface area (Å²) in [4.78, 5) is 41.0. The number of anilines is 2. The zero-order valence-electron chi connectivity index (χ0n) is 24.9. The molecule has 3 amide bonds. The number of ether oxygens (including phenoxy) is 1. The molecule has 0 spiro atoms. The molecule has 2 aromatic carbocycles. The first kappa shape index (κ1) is 30.3. The number of halogens is 2. The Labute approximate surface area is 250 Å². The van der Waals surface area contributed by atoms with Crippen LogP contribution >= 0.6 is 0 Å². The van der Waals surface area contributed by atoms with Crippen molar-refractivity contribution in [1.82, 2.24) is 10.6 Å². The standard InChI is InChI=1S/C33H38F2N4O4/c1-19-8-11-29(21(3)14-19)38(4)32(41)20(2)12-13-43-33(42)36-23-17-39(18-23)24-15-26(34)30(27(35)16-24)25-9-10-28(37-31(25)40)22-6-5-7-22/h8,11,14-16,23,25H,2,5-7,9-10,12-13,17-18H2,1,3-4H3,(H,36,42)(H,37,40). The number of allylic oxidation sites excluding steroid dienone is 2. The first-order valence-corrected chi connectivity index (χ1v) is 14.7. The molecule has 3 aliphatic rings. The zero-order valence-corrected chi connectivity index (χ0v) is 24.9. The predicted molar refractivity (Wildman–Crippen MR) is 161 cm³/mol. The van der Waals surface area contributed by atoms with Crippen LogP contribution < -0.4 is 20.4 Å². The minimum atomic E-state index is -0.863. The number of hydrogen-bond acceptors (Lipinski definition) is 5. The second-order valence-electron chi connectivity index (χ2n) is 11.7. The van der Waals surface area contributed by atoms with Gasteiger partial charge in [-0.05, 0) is 69.7 Å². The highest BCUT2D eigenvalue weighted by atomic mass is 19.1. The lowest BCUT2D eigenvalue weighted by Crippen LogP contribution is -2.59. The van der Waals surface area contributed by atoms with E-state index in [0.717, 1.165) is 41.8 Å². The Kier molecular flexibility index (Phi) is 8.84. The molecule has 1 aliphatic carbocycles. The number of alkyl carbamates (subject to hydrolysis) is 1. The van der Waals surface area contributed by atoms with Crippen LogP contribution in [0.2, 0.25) is 0 Å². The summed E-state index contributed by atoms with van der Waals surface area (Å²) >= 11 is 0. The van der Waals surface area contributed by atoms with E-state index >= 15 is 8.78 Å². The van der Waals surface area contributed by atoms with Crippen molar-refractivity contribution in [3.8, 4) is 0 Å². The van der Waals surface area contributed by atoms with Crippen LogP contribution in [-0.2, 0) is 14.3 Å². The highest BCUT2D eigenvalue weighted by molar-refractivity contribution is 6.05. The SMILES string of the molecule is C=C(CCOC(=O)NC1CN(c2cc(F)c(C3CCC(=C4CCC4)NC3=O)c(F)c2)C1)C(=O)N(C)c1ccc(C)cc1C. The molecular weight excluding hydrogens is 554 g/mol. The second-order valence-corrected chi connectivity index (χ2v) is 11.7. The number of carbonyl (C=O) groups excluding carboxylic acids is 3. The van der Waals surface area contributed by atoms with E-state index in [1.165, 1.54) is 22.6 Å². The van der Waals surface area contributed by atoms with Crippen molar-refractivity contribution < 1.29 is 27.9 Å². The number of carbonyl (C=O) groups is 3. The number of likely N-dealkylation sites (N-methyl/N-ethyl adjacent to an activating group) is 1. The Balaban J connectivity index is 1.06. The minimum absolute atomic E-state index is 0.0151. The number of benzene rings is 2. The van der Waals surface area contributed by atoms with Gasteiger partial charge < -0.3 is 25.2 Å². The molecule has 2 heterocycles. The molecule has 1 unspecified atom stereocenters. The van der Waals surface area contributed by atoms with Gasteiger partial charge in [0.1, 0.15) is 11.6 Å². The summed E-state index contributed by atoms with van der Waals surface area (Å²) in [6, 6.07) is 8.05. The average molecular weight is 593 g/mol. The highest BCUT2D eigenvalue weighted by Crippen LogP contribution is 2.37. The summed E-state index contributed by atoms with van der Waals surface area (Å²) in [5.41, 5.74) is 5.50. The number of amides is 3. The van der Waals surface area contributed by atoms with Gasteiger partial charge in [-0.3, -0.25) is 9.59 Å². The largest absolute Gasteiger partial charge is 0.449 e. The summed E-state index contributed by atoms with van der Waals surface area (Å²) in [6.45, 7) is 8.45. The quantitative estimate of drug-likeness (QED) is 0.393. The molecule has 2 saturated heterocycles. The van der Waals surface area contributed by atoms with E-state index in [-0.39, 0.29) is 36.4 Å². The normalized spacial score (nSPS) is 18.4. The fourth-order valence-electron chi connectivity index (χ4n) is 5.89. The van der Waals surface area contributed by atoms with Crippen molar-refractivity contribution in [3.63, 3.8) is 0 Å². The Bertz CT molecular complexity index is 1470. The van der Waals surface area contributed by atoms with Crippen molar-refractivity contribution in [2.75, 3.05) is 36.5 Å². The van der Waals surface area contributed by atoms with E-state index in [2.05, 4.69) is 17.2 Å². The first-order valence-electron chi connectivity index (χ1n) is 14.7. The predicted octanol–water partition coefficient (Wildman–Crippen LogP) is 5.54. The molecule has 2 aromatic rings. The molecule has 3 fully saturated rings. The maximum absolute atomic E-state index is 15.1. The van der Waals surface area contributed by atoms with Gasteiger partial charge >= 0.3 is 6.09 Å². The van der Waals surface area contributed by atoms with E-state index < -0.39 is 23.6 Å². The van der Waals surface area contributed by atoms with E-state index in [9.17, 15) is 14.4 Å². The fraction of sp³-hybridized carbons (Fsp3) is 0.424. The third kappa shape index (κ3) is 6.58. The molecular formula is C33H38F2N4O4. The zero-order chi connectivity index (χ0) is 30.8. The Morgan fingerprint density at radius 1 is 1.12 bits per heavy atom. The van der Waals surface area contributed by atoms with Crippen LogP contribution in [0.3, 0.4) is 0 Å². The summed E-state index contributed by atoms with van der Waals surface area (Å²) in [6.07, 6.45) is 3.59. The van der Waals surface area contributed by atoms with Gasteiger partial charge in [-0.2, -0.15) is 0 Å². The lowest BCUT2D eigenvalue weighted by molar-refractivity contribution is -0.123. The average Bonchev–Trinajstić information content (AvgIpc) is 2.89. The Morgan fingerprint density at radius 3 is 2.42 bits per heavy atom. The smallest absolute Gasteiger partial charge is 0.407 e.